The first-order valence-electron chi connectivity index (χ1n) is 4.94. The van der Waals surface area contributed by atoms with Gasteiger partial charge in [0.05, 0.1) is 16.7 Å². The highest BCUT2D eigenvalue weighted by Gasteiger charge is 2.18. The molecule has 0 spiro atoms. The molecule has 0 amide bonds. The van der Waals surface area contributed by atoms with Crippen LogP contribution >= 0.6 is 11.3 Å². The van der Waals surface area contributed by atoms with Crippen LogP contribution in [0.25, 0.3) is 0 Å². The summed E-state index contributed by atoms with van der Waals surface area (Å²) in [6.07, 6.45) is 0. The standard InChI is InChI=1S/C10H8N2O5S2/c13-9-6-7(12(14)15)3-4-8(9)11-19(16,17)10-2-1-5-18-10/h1-6,11,13H. The number of nitro groups is 1. The maximum atomic E-state index is 11.9. The number of phenols is 1. The fourth-order valence-corrected chi connectivity index (χ4v) is 3.40. The van der Waals surface area contributed by atoms with Gasteiger partial charge in [-0.15, -0.1) is 11.3 Å². The third kappa shape index (κ3) is 2.83. The molecule has 7 nitrogen and oxygen atoms in total. The molecular formula is C10H8N2O5S2. The van der Waals surface area contributed by atoms with Gasteiger partial charge in [0, 0.05) is 6.07 Å². The smallest absolute Gasteiger partial charge is 0.273 e. The fourth-order valence-electron chi connectivity index (χ4n) is 1.33. The van der Waals surface area contributed by atoms with E-state index in [4.69, 9.17) is 0 Å². The van der Waals surface area contributed by atoms with Gasteiger partial charge in [-0.05, 0) is 17.5 Å². The first-order chi connectivity index (χ1) is 8.90. The van der Waals surface area contributed by atoms with E-state index >= 15 is 0 Å². The van der Waals surface area contributed by atoms with Crippen molar-refractivity contribution in [1.29, 1.82) is 0 Å². The van der Waals surface area contributed by atoms with Gasteiger partial charge < -0.3 is 5.11 Å². The molecule has 0 aliphatic heterocycles. The zero-order valence-corrected chi connectivity index (χ0v) is 10.9. The molecule has 1 heterocycles. The number of rotatable bonds is 4. The Morgan fingerprint density at radius 3 is 2.58 bits per heavy atom. The van der Waals surface area contributed by atoms with Crippen molar-refractivity contribution < 1.29 is 18.4 Å². The molecule has 0 atom stereocenters. The summed E-state index contributed by atoms with van der Waals surface area (Å²) in [6, 6.07) is 6.11. The third-order valence-corrected chi connectivity index (χ3v) is 4.96. The van der Waals surface area contributed by atoms with Crippen molar-refractivity contribution in [3.05, 3.63) is 45.8 Å². The number of thiophene rings is 1. The molecule has 2 rings (SSSR count). The molecule has 19 heavy (non-hydrogen) atoms. The predicted molar refractivity (Wildman–Crippen MR) is 69.9 cm³/mol. The molecule has 0 aliphatic carbocycles. The topological polar surface area (TPSA) is 110 Å². The van der Waals surface area contributed by atoms with Crippen molar-refractivity contribution in [3.8, 4) is 5.75 Å². The van der Waals surface area contributed by atoms with Gasteiger partial charge in [0.1, 0.15) is 9.96 Å². The second-order valence-electron chi connectivity index (χ2n) is 3.50. The highest BCUT2D eigenvalue weighted by Crippen LogP contribution is 2.30. The molecule has 0 bridgehead atoms. The number of hydrogen-bond donors (Lipinski definition) is 2. The van der Waals surface area contributed by atoms with Crippen LogP contribution in [0.2, 0.25) is 0 Å². The molecular weight excluding hydrogens is 292 g/mol. The average molecular weight is 300 g/mol. The van der Waals surface area contributed by atoms with Gasteiger partial charge >= 0.3 is 0 Å². The van der Waals surface area contributed by atoms with Crippen molar-refractivity contribution in [2.45, 2.75) is 4.21 Å². The van der Waals surface area contributed by atoms with E-state index in [-0.39, 0.29) is 15.6 Å². The number of non-ortho nitro benzene ring substituents is 1. The Balaban J connectivity index is 2.32. The molecule has 1 aromatic carbocycles. The third-order valence-electron chi connectivity index (χ3n) is 2.20. The average Bonchev–Trinajstić information content (AvgIpc) is 2.85. The first kappa shape index (κ1) is 13.3. The van der Waals surface area contributed by atoms with Gasteiger partial charge in [0.15, 0.2) is 0 Å². The van der Waals surface area contributed by atoms with Crippen LogP contribution < -0.4 is 4.72 Å². The van der Waals surface area contributed by atoms with Crippen molar-refractivity contribution in [3.63, 3.8) is 0 Å². The maximum absolute atomic E-state index is 11.9. The Hall–Kier alpha value is -2.13. The Morgan fingerprint density at radius 2 is 2.05 bits per heavy atom. The molecule has 0 unspecified atom stereocenters. The van der Waals surface area contributed by atoms with Crippen molar-refractivity contribution in [2.24, 2.45) is 0 Å². The summed E-state index contributed by atoms with van der Waals surface area (Å²) in [5.74, 6) is -0.505. The molecule has 9 heteroatoms. The van der Waals surface area contributed by atoms with Crippen molar-refractivity contribution >= 4 is 32.7 Å². The van der Waals surface area contributed by atoms with Gasteiger partial charge in [-0.25, -0.2) is 8.42 Å². The zero-order valence-electron chi connectivity index (χ0n) is 9.31. The Kier molecular flexibility index (Phi) is 3.40. The van der Waals surface area contributed by atoms with Crippen LogP contribution in [0.1, 0.15) is 0 Å². The SMILES string of the molecule is O=[N+]([O-])c1ccc(NS(=O)(=O)c2cccs2)c(O)c1. The van der Waals surface area contributed by atoms with E-state index in [0.29, 0.717) is 0 Å². The molecule has 0 fully saturated rings. The summed E-state index contributed by atoms with van der Waals surface area (Å²) in [4.78, 5) is 9.81. The van der Waals surface area contributed by atoms with E-state index in [2.05, 4.69) is 4.72 Å². The lowest BCUT2D eigenvalue weighted by Crippen LogP contribution is -2.11. The number of benzene rings is 1. The Morgan fingerprint density at radius 1 is 1.32 bits per heavy atom. The van der Waals surface area contributed by atoms with Crippen LogP contribution in [0.4, 0.5) is 11.4 Å². The summed E-state index contributed by atoms with van der Waals surface area (Å²) in [5, 5.41) is 21.7. The second-order valence-corrected chi connectivity index (χ2v) is 6.35. The van der Waals surface area contributed by atoms with Crippen molar-refractivity contribution in [1.82, 2.24) is 0 Å². The quantitative estimate of drug-likeness (QED) is 0.511. The molecule has 0 aliphatic rings. The molecule has 100 valence electrons. The maximum Gasteiger partial charge on any atom is 0.273 e. The largest absolute Gasteiger partial charge is 0.505 e. The number of nitrogens with one attached hydrogen (secondary N) is 1. The Bertz CT molecular complexity index is 710. The first-order valence-corrected chi connectivity index (χ1v) is 7.30. The van der Waals surface area contributed by atoms with Crippen LogP contribution in [0.3, 0.4) is 0 Å². The summed E-state index contributed by atoms with van der Waals surface area (Å²) >= 11 is 1.02. The number of nitro benzene ring substituents is 1. The lowest BCUT2D eigenvalue weighted by Gasteiger charge is -2.07. The molecule has 1 aromatic heterocycles. The van der Waals surface area contributed by atoms with E-state index in [0.717, 1.165) is 29.5 Å². The number of phenolic OH excluding ortho intramolecular Hbond substituents is 1. The number of aromatic hydroxyl groups is 1. The minimum atomic E-state index is -3.79. The van der Waals surface area contributed by atoms with Gasteiger partial charge in [-0.3, -0.25) is 14.8 Å². The summed E-state index contributed by atoms with van der Waals surface area (Å²) in [6.45, 7) is 0. The van der Waals surface area contributed by atoms with E-state index in [9.17, 15) is 23.6 Å². The molecule has 0 radical (unpaired) electrons. The van der Waals surface area contributed by atoms with Crippen LogP contribution in [-0.2, 0) is 10.0 Å². The van der Waals surface area contributed by atoms with Gasteiger partial charge in [-0.2, -0.15) is 0 Å². The number of anilines is 1. The van der Waals surface area contributed by atoms with Crippen LogP contribution in [0.5, 0.6) is 5.75 Å². The highest BCUT2D eigenvalue weighted by atomic mass is 32.2. The molecule has 0 saturated heterocycles. The number of hydrogen-bond acceptors (Lipinski definition) is 6. The predicted octanol–water partition coefficient (Wildman–Crippen LogP) is 2.16. The van der Waals surface area contributed by atoms with Gasteiger partial charge in [-0.1, -0.05) is 6.07 Å². The zero-order chi connectivity index (χ0) is 14.0. The monoisotopic (exact) mass is 300 g/mol. The number of sulfonamides is 1. The van der Waals surface area contributed by atoms with Gasteiger partial charge in [0.2, 0.25) is 0 Å². The molecule has 2 aromatic rings. The minimum Gasteiger partial charge on any atom is -0.505 e. The normalized spacial score (nSPS) is 11.2. The second kappa shape index (κ2) is 4.86. The lowest BCUT2D eigenvalue weighted by atomic mass is 10.3. The van der Waals surface area contributed by atoms with Crippen LogP contribution in [0.15, 0.2) is 39.9 Å². The molecule has 0 saturated carbocycles. The van der Waals surface area contributed by atoms with Crippen LogP contribution in [0, 0.1) is 10.1 Å². The summed E-state index contributed by atoms with van der Waals surface area (Å²) in [7, 11) is -3.79. The van der Waals surface area contributed by atoms with E-state index in [1.807, 2.05) is 0 Å². The van der Waals surface area contributed by atoms with Crippen molar-refractivity contribution in [2.75, 3.05) is 4.72 Å². The van der Waals surface area contributed by atoms with Crippen LogP contribution in [-0.4, -0.2) is 18.4 Å². The lowest BCUT2D eigenvalue weighted by molar-refractivity contribution is -0.384. The van der Waals surface area contributed by atoms with E-state index < -0.39 is 20.7 Å². The summed E-state index contributed by atoms with van der Waals surface area (Å²) in [5.41, 5.74) is -0.435. The molecule has 2 N–H and O–H groups in total. The number of nitrogens with zero attached hydrogens (tertiary/aromatic N) is 1. The minimum absolute atomic E-state index is 0.0882. The van der Waals surface area contributed by atoms with E-state index in [1.54, 1.807) is 11.4 Å². The summed E-state index contributed by atoms with van der Waals surface area (Å²) < 4.78 is 26.0. The van der Waals surface area contributed by atoms with Gasteiger partial charge in [0.25, 0.3) is 15.7 Å². The fraction of sp³-hybridized carbons (Fsp3) is 0. The highest BCUT2D eigenvalue weighted by molar-refractivity contribution is 7.94. The van der Waals surface area contributed by atoms with E-state index in [1.165, 1.54) is 6.07 Å². The Labute approximate surface area is 112 Å².